The van der Waals surface area contributed by atoms with Crippen molar-refractivity contribution in [1.29, 1.82) is 0 Å². The van der Waals surface area contributed by atoms with E-state index in [0.29, 0.717) is 11.4 Å². The molecule has 0 radical (unpaired) electrons. The number of pyridine rings is 1. The van der Waals surface area contributed by atoms with Crippen LogP contribution in [0.4, 0.5) is 4.39 Å². The number of rotatable bonds is 4. The molecule has 0 aliphatic heterocycles. The van der Waals surface area contributed by atoms with E-state index in [-0.39, 0.29) is 5.82 Å². The van der Waals surface area contributed by atoms with Gasteiger partial charge in [0.05, 0.1) is 18.9 Å². The van der Waals surface area contributed by atoms with E-state index in [1.165, 1.54) is 19.7 Å². The Morgan fingerprint density at radius 3 is 2.58 bits per heavy atom. The summed E-state index contributed by atoms with van der Waals surface area (Å²) in [6, 6.07) is 1.67. The smallest absolute Gasteiger partial charge is 0.213 e. The van der Waals surface area contributed by atoms with Gasteiger partial charge in [0, 0.05) is 18.7 Å². The highest BCUT2D eigenvalue weighted by Crippen LogP contribution is 2.44. The maximum atomic E-state index is 14.1. The average Bonchev–Trinajstić information content (AvgIpc) is 2.48. The van der Waals surface area contributed by atoms with Crippen molar-refractivity contribution in [1.82, 2.24) is 4.98 Å². The standard InChI is InChI=1S/C15H22FNO2/c1-4-11-5-7-15(19-3,8-6-11)12-9-14(18-2)17-10-13(12)16/h9-11H,4-8H2,1-3H3. The highest BCUT2D eigenvalue weighted by Gasteiger charge is 2.39. The van der Waals surface area contributed by atoms with Gasteiger partial charge in [0.2, 0.25) is 5.88 Å². The monoisotopic (exact) mass is 267 g/mol. The molecule has 1 saturated carbocycles. The van der Waals surface area contributed by atoms with Crippen LogP contribution in [0.5, 0.6) is 5.88 Å². The molecule has 1 aliphatic carbocycles. The molecule has 0 bridgehead atoms. The maximum absolute atomic E-state index is 14.1. The van der Waals surface area contributed by atoms with Crippen LogP contribution in [0.2, 0.25) is 0 Å². The van der Waals surface area contributed by atoms with Crippen molar-refractivity contribution in [2.75, 3.05) is 14.2 Å². The third-order valence-electron chi connectivity index (χ3n) is 4.41. The first-order chi connectivity index (χ1) is 9.15. The van der Waals surface area contributed by atoms with Crippen molar-refractivity contribution >= 4 is 0 Å². The zero-order valence-corrected chi connectivity index (χ0v) is 11.9. The first-order valence-corrected chi connectivity index (χ1v) is 6.90. The Labute approximate surface area is 114 Å². The van der Waals surface area contributed by atoms with Crippen LogP contribution >= 0.6 is 0 Å². The highest BCUT2D eigenvalue weighted by atomic mass is 19.1. The Bertz CT molecular complexity index is 428. The minimum absolute atomic E-state index is 0.308. The fraction of sp³-hybridized carbons (Fsp3) is 0.667. The van der Waals surface area contributed by atoms with E-state index in [1.54, 1.807) is 13.2 Å². The Balaban J connectivity index is 2.31. The largest absolute Gasteiger partial charge is 0.481 e. The fourth-order valence-corrected chi connectivity index (χ4v) is 3.02. The molecule has 0 spiro atoms. The van der Waals surface area contributed by atoms with E-state index in [2.05, 4.69) is 11.9 Å². The fourth-order valence-electron chi connectivity index (χ4n) is 3.02. The molecule has 0 aromatic carbocycles. The van der Waals surface area contributed by atoms with Crippen LogP contribution in [0.1, 0.15) is 44.6 Å². The predicted molar refractivity (Wildman–Crippen MR) is 71.7 cm³/mol. The molecule has 1 fully saturated rings. The Morgan fingerprint density at radius 2 is 2.05 bits per heavy atom. The predicted octanol–water partition coefficient (Wildman–Crippen LogP) is 3.67. The number of halogens is 1. The van der Waals surface area contributed by atoms with Crippen LogP contribution in [0, 0.1) is 11.7 Å². The molecule has 0 atom stereocenters. The quantitative estimate of drug-likeness (QED) is 0.834. The number of nitrogens with zero attached hydrogens (tertiary/aromatic N) is 1. The van der Waals surface area contributed by atoms with Crippen molar-refractivity contribution in [3.05, 3.63) is 23.6 Å². The molecular formula is C15H22FNO2. The van der Waals surface area contributed by atoms with Crippen LogP contribution < -0.4 is 4.74 Å². The third-order valence-corrected chi connectivity index (χ3v) is 4.41. The summed E-state index contributed by atoms with van der Waals surface area (Å²) in [5, 5.41) is 0. The lowest BCUT2D eigenvalue weighted by Gasteiger charge is -2.39. The normalized spacial score (nSPS) is 27.3. The molecule has 0 unspecified atom stereocenters. The molecule has 1 aromatic heterocycles. The van der Waals surface area contributed by atoms with Crippen molar-refractivity contribution in [2.24, 2.45) is 5.92 Å². The highest BCUT2D eigenvalue weighted by molar-refractivity contribution is 5.28. The third kappa shape index (κ3) is 2.73. The van der Waals surface area contributed by atoms with Gasteiger partial charge in [-0.25, -0.2) is 9.37 Å². The molecule has 1 aliphatic rings. The van der Waals surface area contributed by atoms with Gasteiger partial charge in [0.15, 0.2) is 0 Å². The SMILES string of the molecule is CCC1CCC(OC)(c2cc(OC)ncc2F)CC1. The molecule has 3 nitrogen and oxygen atoms in total. The zero-order chi connectivity index (χ0) is 13.9. The van der Waals surface area contributed by atoms with E-state index < -0.39 is 5.60 Å². The lowest BCUT2D eigenvalue weighted by molar-refractivity contribution is -0.0574. The van der Waals surface area contributed by atoms with E-state index in [4.69, 9.17) is 9.47 Å². The van der Waals surface area contributed by atoms with Gasteiger partial charge < -0.3 is 9.47 Å². The Hall–Kier alpha value is -1.16. The second-order valence-electron chi connectivity index (χ2n) is 5.26. The Morgan fingerprint density at radius 1 is 1.37 bits per heavy atom. The summed E-state index contributed by atoms with van der Waals surface area (Å²) in [6.07, 6.45) is 6.27. The molecule has 19 heavy (non-hydrogen) atoms. The summed E-state index contributed by atoms with van der Waals surface area (Å²) < 4.78 is 24.9. The number of hydrogen-bond donors (Lipinski definition) is 0. The van der Waals surface area contributed by atoms with Gasteiger partial charge in [0.1, 0.15) is 5.82 Å². The summed E-state index contributed by atoms with van der Waals surface area (Å²) in [6.45, 7) is 2.21. The van der Waals surface area contributed by atoms with E-state index in [1.807, 2.05) is 0 Å². The molecule has 0 N–H and O–H groups in total. The minimum atomic E-state index is -0.522. The van der Waals surface area contributed by atoms with Gasteiger partial charge in [-0.15, -0.1) is 0 Å². The second-order valence-corrected chi connectivity index (χ2v) is 5.26. The zero-order valence-electron chi connectivity index (χ0n) is 11.9. The van der Waals surface area contributed by atoms with Crippen LogP contribution in [0.3, 0.4) is 0 Å². The molecule has 106 valence electrons. The van der Waals surface area contributed by atoms with Crippen LogP contribution in [-0.2, 0) is 10.3 Å². The van der Waals surface area contributed by atoms with E-state index >= 15 is 0 Å². The van der Waals surface area contributed by atoms with Gasteiger partial charge in [-0.3, -0.25) is 0 Å². The van der Waals surface area contributed by atoms with E-state index in [0.717, 1.165) is 31.6 Å². The van der Waals surface area contributed by atoms with Gasteiger partial charge in [-0.05, 0) is 31.6 Å². The van der Waals surface area contributed by atoms with Crippen LogP contribution in [0.15, 0.2) is 12.3 Å². The molecule has 0 amide bonds. The summed E-state index contributed by atoms with van der Waals surface area (Å²) in [4.78, 5) is 3.90. The van der Waals surface area contributed by atoms with Crippen molar-refractivity contribution in [2.45, 2.75) is 44.6 Å². The number of ether oxygens (including phenoxy) is 2. The number of methoxy groups -OCH3 is 2. The summed E-state index contributed by atoms with van der Waals surface area (Å²) in [5.74, 6) is 0.859. The number of hydrogen-bond acceptors (Lipinski definition) is 3. The Kier molecular flexibility index (Phi) is 4.40. The van der Waals surface area contributed by atoms with Crippen molar-refractivity contribution in [3.8, 4) is 5.88 Å². The van der Waals surface area contributed by atoms with Crippen LogP contribution in [-0.4, -0.2) is 19.2 Å². The topological polar surface area (TPSA) is 31.4 Å². The summed E-state index contributed by atoms with van der Waals surface area (Å²) in [5.41, 5.74) is 0.0582. The molecule has 1 aromatic rings. The molecule has 1 heterocycles. The van der Waals surface area contributed by atoms with Gasteiger partial charge in [-0.2, -0.15) is 0 Å². The summed E-state index contributed by atoms with van der Waals surface area (Å²) >= 11 is 0. The van der Waals surface area contributed by atoms with Gasteiger partial charge in [-0.1, -0.05) is 13.3 Å². The molecular weight excluding hydrogens is 245 g/mol. The van der Waals surface area contributed by atoms with Crippen LogP contribution in [0.25, 0.3) is 0 Å². The molecule has 2 rings (SSSR count). The lowest BCUT2D eigenvalue weighted by Crippen LogP contribution is -2.34. The second kappa shape index (κ2) is 5.87. The minimum Gasteiger partial charge on any atom is -0.481 e. The molecule has 0 saturated heterocycles. The average molecular weight is 267 g/mol. The van der Waals surface area contributed by atoms with Gasteiger partial charge >= 0.3 is 0 Å². The summed E-state index contributed by atoms with van der Waals surface area (Å²) in [7, 11) is 3.20. The first-order valence-electron chi connectivity index (χ1n) is 6.90. The van der Waals surface area contributed by atoms with E-state index in [9.17, 15) is 4.39 Å². The van der Waals surface area contributed by atoms with Crippen molar-refractivity contribution in [3.63, 3.8) is 0 Å². The van der Waals surface area contributed by atoms with Gasteiger partial charge in [0.25, 0.3) is 0 Å². The first kappa shape index (κ1) is 14.3. The lowest BCUT2D eigenvalue weighted by atomic mass is 9.74. The number of aromatic nitrogens is 1. The maximum Gasteiger partial charge on any atom is 0.213 e. The van der Waals surface area contributed by atoms with Crippen molar-refractivity contribution < 1.29 is 13.9 Å². The molecule has 4 heteroatoms.